The van der Waals surface area contributed by atoms with Crippen LogP contribution < -0.4 is 5.32 Å². The standard InChI is InChI=1S/C15H16FN5O/c1-17-13-9-11(8-12(16)10-13)14-2-3-19-21(14)15(22)20-6-4-18-5-7-20/h3,8-10,14,18H,2,4-7H2. The summed E-state index contributed by atoms with van der Waals surface area (Å²) >= 11 is 0. The molecular weight excluding hydrogens is 285 g/mol. The number of carbonyl (C=O) groups excluding carboxylic acids is 1. The molecule has 1 unspecified atom stereocenters. The molecule has 0 aliphatic carbocycles. The number of halogens is 1. The molecule has 1 fully saturated rings. The summed E-state index contributed by atoms with van der Waals surface area (Å²) in [5, 5.41) is 8.74. The second kappa shape index (κ2) is 6.12. The van der Waals surface area contributed by atoms with Gasteiger partial charge in [-0.2, -0.15) is 5.10 Å². The summed E-state index contributed by atoms with van der Waals surface area (Å²) < 4.78 is 13.6. The first-order valence-corrected chi connectivity index (χ1v) is 7.18. The lowest BCUT2D eigenvalue weighted by Gasteiger charge is -2.32. The molecule has 0 radical (unpaired) electrons. The van der Waals surface area contributed by atoms with Gasteiger partial charge in [-0.1, -0.05) is 6.07 Å². The van der Waals surface area contributed by atoms with Crippen LogP contribution in [0, 0.1) is 12.4 Å². The minimum atomic E-state index is -0.468. The van der Waals surface area contributed by atoms with Gasteiger partial charge in [-0.3, -0.25) is 0 Å². The van der Waals surface area contributed by atoms with Crippen LogP contribution >= 0.6 is 0 Å². The maximum atomic E-state index is 13.6. The number of urea groups is 1. The van der Waals surface area contributed by atoms with Crippen molar-refractivity contribution in [3.63, 3.8) is 0 Å². The minimum Gasteiger partial charge on any atom is -0.321 e. The van der Waals surface area contributed by atoms with Crippen molar-refractivity contribution in [1.29, 1.82) is 0 Å². The number of piperazine rings is 1. The van der Waals surface area contributed by atoms with Crippen molar-refractivity contribution in [2.45, 2.75) is 12.5 Å². The molecule has 3 rings (SSSR count). The van der Waals surface area contributed by atoms with Crippen LogP contribution in [-0.2, 0) is 0 Å². The van der Waals surface area contributed by atoms with Crippen molar-refractivity contribution in [1.82, 2.24) is 15.2 Å². The summed E-state index contributed by atoms with van der Waals surface area (Å²) in [7, 11) is 0. The molecule has 2 aliphatic heterocycles. The van der Waals surface area contributed by atoms with Crippen LogP contribution in [0.1, 0.15) is 18.0 Å². The van der Waals surface area contributed by atoms with E-state index in [-0.39, 0.29) is 17.8 Å². The van der Waals surface area contributed by atoms with E-state index in [1.54, 1.807) is 17.2 Å². The maximum Gasteiger partial charge on any atom is 0.341 e. The average molecular weight is 301 g/mol. The van der Waals surface area contributed by atoms with Gasteiger partial charge in [0, 0.05) is 38.8 Å². The molecule has 1 atom stereocenters. The number of hydrogen-bond acceptors (Lipinski definition) is 3. The zero-order chi connectivity index (χ0) is 15.5. The number of nitrogens with one attached hydrogen (secondary N) is 1. The fraction of sp³-hybridized carbons (Fsp3) is 0.400. The molecule has 22 heavy (non-hydrogen) atoms. The van der Waals surface area contributed by atoms with E-state index >= 15 is 0 Å². The van der Waals surface area contributed by atoms with E-state index in [4.69, 9.17) is 6.57 Å². The molecule has 1 saturated heterocycles. The van der Waals surface area contributed by atoms with Crippen LogP contribution in [0.25, 0.3) is 4.85 Å². The van der Waals surface area contributed by atoms with Gasteiger partial charge in [0.2, 0.25) is 0 Å². The average Bonchev–Trinajstić information content (AvgIpc) is 3.04. The lowest BCUT2D eigenvalue weighted by molar-refractivity contribution is 0.136. The minimum absolute atomic E-state index is 0.172. The van der Waals surface area contributed by atoms with Crippen LogP contribution in [0.15, 0.2) is 23.3 Å². The van der Waals surface area contributed by atoms with E-state index in [1.165, 1.54) is 17.1 Å². The fourth-order valence-electron chi connectivity index (χ4n) is 2.73. The van der Waals surface area contributed by atoms with E-state index < -0.39 is 5.82 Å². The van der Waals surface area contributed by atoms with Crippen molar-refractivity contribution in [2.24, 2.45) is 5.10 Å². The summed E-state index contributed by atoms with van der Waals surface area (Å²) in [5.41, 5.74) is 0.837. The monoisotopic (exact) mass is 301 g/mol. The molecule has 1 aromatic rings. The predicted octanol–water partition coefficient (Wildman–Crippen LogP) is 2.13. The van der Waals surface area contributed by atoms with Crippen LogP contribution in [0.3, 0.4) is 0 Å². The van der Waals surface area contributed by atoms with Gasteiger partial charge in [0.25, 0.3) is 0 Å². The van der Waals surface area contributed by atoms with Gasteiger partial charge in [0.15, 0.2) is 5.69 Å². The van der Waals surface area contributed by atoms with Crippen LogP contribution in [0.2, 0.25) is 0 Å². The zero-order valence-electron chi connectivity index (χ0n) is 12.0. The number of nitrogens with zero attached hydrogens (tertiary/aromatic N) is 4. The number of amides is 2. The third-order valence-corrected chi connectivity index (χ3v) is 3.83. The number of hydrazone groups is 1. The van der Waals surface area contributed by atoms with E-state index in [1.807, 2.05) is 0 Å². The Labute approximate surface area is 128 Å². The molecule has 0 spiro atoms. The molecule has 6 nitrogen and oxygen atoms in total. The van der Waals surface area contributed by atoms with Gasteiger partial charge in [-0.05, 0) is 17.7 Å². The van der Waals surface area contributed by atoms with Crippen LogP contribution in [0.5, 0.6) is 0 Å². The van der Waals surface area contributed by atoms with E-state index in [0.717, 1.165) is 13.1 Å². The Morgan fingerprint density at radius 3 is 2.86 bits per heavy atom. The number of carbonyl (C=O) groups is 1. The lowest BCUT2D eigenvalue weighted by Crippen LogP contribution is -2.50. The number of benzene rings is 1. The molecule has 1 aromatic carbocycles. The van der Waals surface area contributed by atoms with Crippen molar-refractivity contribution in [3.05, 3.63) is 41.0 Å². The second-order valence-electron chi connectivity index (χ2n) is 5.27. The predicted molar refractivity (Wildman–Crippen MR) is 80.2 cm³/mol. The SMILES string of the molecule is [C-]#[N+]c1cc(F)cc(C2CC=NN2C(=O)N2CCNCC2)c1. The van der Waals surface area contributed by atoms with Gasteiger partial charge in [-0.15, -0.1) is 0 Å². The molecule has 2 heterocycles. The topological polar surface area (TPSA) is 52.3 Å². The Balaban J connectivity index is 1.83. The molecule has 114 valence electrons. The Morgan fingerprint density at radius 2 is 2.14 bits per heavy atom. The fourth-order valence-corrected chi connectivity index (χ4v) is 2.73. The van der Waals surface area contributed by atoms with Crippen molar-refractivity contribution >= 4 is 17.9 Å². The zero-order valence-corrected chi connectivity index (χ0v) is 12.0. The molecule has 7 heteroatoms. The van der Waals surface area contributed by atoms with Gasteiger partial charge in [0.05, 0.1) is 12.6 Å². The molecule has 0 saturated carbocycles. The Hall–Kier alpha value is -2.46. The molecule has 0 bridgehead atoms. The maximum absolute atomic E-state index is 13.6. The Kier molecular flexibility index (Phi) is 4.02. The van der Waals surface area contributed by atoms with Crippen molar-refractivity contribution in [3.8, 4) is 0 Å². The first-order chi connectivity index (χ1) is 10.7. The lowest BCUT2D eigenvalue weighted by atomic mass is 10.0. The first kappa shape index (κ1) is 14.5. The highest BCUT2D eigenvalue weighted by Gasteiger charge is 2.32. The second-order valence-corrected chi connectivity index (χ2v) is 5.27. The molecule has 0 aromatic heterocycles. The summed E-state index contributed by atoms with van der Waals surface area (Å²) in [6.45, 7) is 9.82. The van der Waals surface area contributed by atoms with Crippen molar-refractivity contribution < 1.29 is 9.18 Å². The van der Waals surface area contributed by atoms with Crippen molar-refractivity contribution in [2.75, 3.05) is 26.2 Å². The summed E-state index contributed by atoms with van der Waals surface area (Å²) in [6, 6.07) is 3.65. The molecule has 2 aliphatic rings. The first-order valence-electron chi connectivity index (χ1n) is 7.18. The van der Waals surface area contributed by atoms with Gasteiger partial charge in [0.1, 0.15) is 5.82 Å². The van der Waals surface area contributed by atoms with E-state index in [0.29, 0.717) is 25.1 Å². The summed E-state index contributed by atoms with van der Waals surface area (Å²) in [6.07, 6.45) is 2.19. The Morgan fingerprint density at radius 1 is 1.36 bits per heavy atom. The largest absolute Gasteiger partial charge is 0.341 e. The third-order valence-electron chi connectivity index (χ3n) is 3.83. The smallest absolute Gasteiger partial charge is 0.321 e. The van der Waals surface area contributed by atoms with Gasteiger partial charge < -0.3 is 10.2 Å². The third kappa shape index (κ3) is 2.78. The molecular formula is C15H16FN5O. The van der Waals surface area contributed by atoms with Gasteiger partial charge >= 0.3 is 6.03 Å². The quantitative estimate of drug-likeness (QED) is 0.808. The van der Waals surface area contributed by atoms with Crippen LogP contribution in [-0.4, -0.2) is 48.3 Å². The highest BCUT2D eigenvalue weighted by Crippen LogP contribution is 2.32. The highest BCUT2D eigenvalue weighted by molar-refractivity contribution is 5.78. The van der Waals surface area contributed by atoms with Crippen LogP contribution in [0.4, 0.5) is 14.9 Å². The molecule has 1 N–H and O–H groups in total. The summed E-state index contributed by atoms with van der Waals surface area (Å²) in [5.74, 6) is -0.468. The van der Waals surface area contributed by atoms with E-state index in [9.17, 15) is 9.18 Å². The number of hydrogen-bond donors (Lipinski definition) is 1. The van der Waals surface area contributed by atoms with E-state index in [2.05, 4.69) is 15.3 Å². The molecule has 2 amide bonds. The highest BCUT2D eigenvalue weighted by atomic mass is 19.1. The Bertz CT molecular complexity index is 648. The number of rotatable bonds is 1. The van der Waals surface area contributed by atoms with Gasteiger partial charge in [-0.25, -0.2) is 19.0 Å². The summed E-state index contributed by atoms with van der Waals surface area (Å²) in [4.78, 5) is 17.6. The normalized spacial score (nSPS) is 21.0.